The summed E-state index contributed by atoms with van der Waals surface area (Å²) < 4.78 is 0. The van der Waals surface area contributed by atoms with Gasteiger partial charge in [-0.05, 0) is 61.8 Å². The lowest BCUT2D eigenvalue weighted by molar-refractivity contribution is 0.308. The van der Waals surface area contributed by atoms with Crippen molar-refractivity contribution in [1.29, 1.82) is 0 Å². The zero-order valence-electron chi connectivity index (χ0n) is 13.1. The van der Waals surface area contributed by atoms with Crippen molar-refractivity contribution in [2.24, 2.45) is 11.8 Å². The molecule has 0 atom stereocenters. The Labute approximate surface area is 115 Å². The van der Waals surface area contributed by atoms with Crippen LogP contribution < -0.4 is 0 Å². The molecule has 0 aliphatic heterocycles. The van der Waals surface area contributed by atoms with Crippen LogP contribution in [0.2, 0.25) is 0 Å². The highest BCUT2D eigenvalue weighted by atomic mass is 14.2. The van der Waals surface area contributed by atoms with Gasteiger partial charge < -0.3 is 0 Å². The van der Waals surface area contributed by atoms with Crippen LogP contribution in [0.5, 0.6) is 0 Å². The van der Waals surface area contributed by atoms with E-state index in [2.05, 4.69) is 53.7 Å². The van der Waals surface area contributed by atoms with Crippen molar-refractivity contribution in [3.8, 4) is 0 Å². The maximum Gasteiger partial charge on any atom is 0 e. The Kier molecular flexibility index (Phi) is 5.91. The minimum absolute atomic E-state index is 0. The Bertz CT molecular complexity index is 337. The molecule has 0 heteroatoms. The summed E-state index contributed by atoms with van der Waals surface area (Å²) in [6.07, 6.45) is 5.89. The van der Waals surface area contributed by atoms with Crippen LogP contribution >= 0.6 is 0 Å². The third kappa shape index (κ3) is 4.48. The molecule has 0 saturated heterocycles. The molecule has 0 heterocycles. The number of rotatable bonds is 0. The number of benzene rings is 1. The number of aryl methyl sites for hydroxylation is 2. The highest BCUT2D eigenvalue weighted by Gasteiger charge is 2.13. The Balaban J connectivity index is 0.000000331. The first-order valence-corrected chi connectivity index (χ1v) is 7.45. The first-order chi connectivity index (χ1) is 8.41. The van der Waals surface area contributed by atoms with Gasteiger partial charge in [0.25, 0.3) is 0 Å². The van der Waals surface area contributed by atoms with Gasteiger partial charge in [-0.25, -0.2) is 0 Å². The van der Waals surface area contributed by atoms with Crippen LogP contribution in [0, 0.1) is 39.5 Å². The van der Waals surface area contributed by atoms with E-state index in [-0.39, 0.29) is 1.43 Å². The van der Waals surface area contributed by atoms with Crippen LogP contribution in [0.3, 0.4) is 0 Å². The van der Waals surface area contributed by atoms with Crippen molar-refractivity contribution in [1.82, 2.24) is 0 Å². The molecule has 1 aromatic carbocycles. The Hall–Kier alpha value is -0.780. The molecule has 0 N–H and O–H groups in total. The minimum Gasteiger partial charge on any atom is -0.0625 e. The SMILES string of the molecule is CC1CCC(C)CC1.Cc1ccc(C)c(C)c1C.[HH]. The van der Waals surface area contributed by atoms with Crippen LogP contribution in [0.15, 0.2) is 12.1 Å². The van der Waals surface area contributed by atoms with E-state index in [1.54, 1.807) is 0 Å². The maximum absolute atomic E-state index is 2.37. The van der Waals surface area contributed by atoms with E-state index in [1.807, 2.05) is 0 Å². The van der Waals surface area contributed by atoms with Crippen molar-refractivity contribution >= 4 is 0 Å². The van der Waals surface area contributed by atoms with Crippen LogP contribution in [0.4, 0.5) is 0 Å². The third-order valence-corrected chi connectivity index (χ3v) is 4.63. The average molecular weight is 248 g/mol. The van der Waals surface area contributed by atoms with Crippen LogP contribution in [0.1, 0.15) is 63.2 Å². The molecule has 1 fully saturated rings. The molecule has 0 aromatic heterocycles. The lowest BCUT2D eigenvalue weighted by Crippen LogP contribution is -2.08. The standard InChI is InChI=1S/C10H14.C8H16.H2/c1-7-5-6-8(2)10(4)9(7)3;1-7-3-5-8(2)6-4-7;/h5-6H,1-4H3;7-8H,3-6H2,1-2H3;1H. The van der Waals surface area contributed by atoms with Gasteiger partial charge in [0, 0.05) is 1.43 Å². The van der Waals surface area contributed by atoms with E-state index >= 15 is 0 Å². The lowest BCUT2D eigenvalue weighted by Gasteiger charge is -2.22. The smallest absolute Gasteiger partial charge is 0 e. The monoisotopic (exact) mass is 248 g/mol. The predicted molar refractivity (Wildman–Crippen MR) is 84.3 cm³/mol. The fourth-order valence-corrected chi connectivity index (χ4v) is 2.52. The molecule has 2 rings (SSSR count). The fraction of sp³-hybridized carbons (Fsp3) is 0.667. The molecule has 0 unspecified atom stereocenters. The highest BCUT2D eigenvalue weighted by molar-refractivity contribution is 5.37. The summed E-state index contributed by atoms with van der Waals surface area (Å²) in [4.78, 5) is 0. The molecule has 0 radical (unpaired) electrons. The first-order valence-electron chi connectivity index (χ1n) is 7.45. The lowest BCUT2D eigenvalue weighted by atomic mass is 9.84. The number of hydrogen-bond acceptors (Lipinski definition) is 0. The second kappa shape index (κ2) is 6.97. The second-order valence-electron chi connectivity index (χ2n) is 6.31. The van der Waals surface area contributed by atoms with E-state index in [1.165, 1.54) is 47.9 Å². The van der Waals surface area contributed by atoms with Crippen molar-refractivity contribution in [2.45, 2.75) is 67.2 Å². The van der Waals surface area contributed by atoms with Gasteiger partial charge >= 0.3 is 0 Å². The molecular weight excluding hydrogens is 216 g/mol. The van der Waals surface area contributed by atoms with Gasteiger partial charge in [-0.2, -0.15) is 0 Å². The van der Waals surface area contributed by atoms with Gasteiger partial charge in [0.05, 0.1) is 0 Å². The first kappa shape index (κ1) is 15.3. The van der Waals surface area contributed by atoms with Gasteiger partial charge in [-0.15, -0.1) is 0 Å². The van der Waals surface area contributed by atoms with Crippen molar-refractivity contribution < 1.29 is 1.43 Å². The van der Waals surface area contributed by atoms with Crippen LogP contribution in [0.25, 0.3) is 0 Å². The Morgan fingerprint density at radius 3 is 1.28 bits per heavy atom. The third-order valence-electron chi connectivity index (χ3n) is 4.63. The summed E-state index contributed by atoms with van der Waals surface area (Å²) >= 11 is 0. The Morgan fingerprint density at radius 2 is 1.00 bits per heavy atom. The van der Waals surface area contributed by atoms with Crippen molar-refractivity contribution in [2.75, 3.05) is 0 Å². The summed E-state index contributed by atoms with van der Waals surface area (Å²) in [5, 5.41) is 0. The van der Waals surface area contributed by atoms with E-state index in [0.717, 1.165) is 11.8 Å². The molecule has 0 bridgehead atoms. The van der Waals surface area contributed by atoms with Gasteiger partial charge in [0.2, 0.25) is 0 Å². The fourth-order valence-electron chi connectivity index (χ4n) is 2.52. The van der Waals surface area contributed by atoms with Gasteiger partial charge in [0.1, 0.15) is 0 Å². The summed E-state index contributed by atoms with van der Waals surface area (Å²) in [6.45, 7) is 13.4. The minimum atomic E-state index is 0. The second-order valence-corrected chi connectivity index (χ2v) is 6.31. The quantitative estimate of drug-likeness (QED) is 0.528. The van der Waals surface area contributed by atoms with E-state index in [0.29, 0.717) is 0 Å². The van der Waals surface area contributed by atoms with E-state index < -0.39 is 0 Å². The van der Waals surface area contributed by atoms with E-state index in [9.17, 15) is 0 Å². The van der Waals surface area contributed by atoms with Crippen LogP contribution in [-0.4, -0.2) is 0 Å². The zero-order valence-corrected chi connectivity index (χ0v) is 13.1. The van der Waals surface area contributed by atoms with E-state index in [4.69, 9.17) is 0 Å². The topological polar surface area (TPSA) is 0 Å². The predicted octanol–water partition coefficient (Wildman–Crippen LogP) is 6.00. The average Bonchev–Trinajstić information content (AvgIpc) is 2.36. The molecule has 18 heavy (non-hydrogen) atoms. The maximum atomic E-state index is 2.37. The molecule has 0 nitrogen and oxygen atoms in total. The summed E-state index contributed by atoms with van der Waals surface area (Å²) in [7, 11) is 0. The van der Waals surface area contributed by atoms with Gasteiger partial charge in [-0.3, -0.25) is 0 Å². The van der Waals surface area contributed by atoms with Crippen molar-refractivity contribution in [3.63, 3.8) is 0 Å². The molecule has 1 aromatic rings. The molecule has 1 aliphatic carbocycles. The molecule has 0 amide bonds. The van der Waals surface area contributed by atoms with Crippen molar-refractivity contribution in [3.05, 3.63) is 34.4 Å². The normalized spacial score (nSPS) is 23.2. The molecule has 104 valence electrons. The van der Waals surface area contributed by atoms with Gasteiger partial charge in [0.15, 0.2) is 0 Å². The zero-order chi connectivity index (χ0) is 13.7. The highest BCUT2D eigenvalue weighted by Crippen LogP contribution is 2.27. The molecular formula is C18H32. The molecule has 1 saturated carbocycles. The summed E-state index contributed by atoms with van der Waals surface area (Å²) in [5.41, 5.74) is 5.64. The molecule has 1 aliphatic rings. The largest absolute Gasteiger partial charge is 0.0625 e. The summed E-state index contributed by atoms with van der Waals surface area (Å²) in [6, 6.07) is 4.36. The summed E-state index contributed by atoms with van der Waals surface area (Å²) in [5.74, 6) is 2.04. The Morgan fingerprint density at radius 1 is 0.722 bits per heavy atom. The molecule has 0 spiro atoms. The van der Waals surface area contributed by atoms with Gasteiger partial charge in [-0.1, -0.05) is 51.7 Å². The number of hydrogen-bond donors (Lipinski definition) is 0. The van der Waals surface area contributed by atoms with Crippen LogP contribution in [-0.2, 0) is 0 Å².